The minimum atomic E-state index is -1.12. The average molecular weight is 410 g/mol. The normalized spacial score (nSPS) is 14.5. The van der Waals surface area contributed by atoms with E-state index in [2.05, 4.69) is 10.6 Å². The Balaban J connectivity index is 1.70. The molecule has 0 aromatic heterocycles. The van der Waals surface area contributed by atoms with E-state index in [1.807, 2.05) is 0 Å². The van der Waals surface area contributed by atoms with Gasteiger partial charge in [-0.25, -0.2) is 4.79 Å². The zero-order chi connectivity index (χ0) is 22.1. The molecule has 0 unspecified atom stereocenters. The van der Waals surface area contributed by atoms with Crippen LogP contribution in [0.25, 0.3) is 0 Å². The smallest absolute Gasteiger partial charge is 0.408 e. The number of benzene rings is 2. The molecule has 0 saturated heterocycles. The fourth-order valence-electron chi connectivity index (χ4n) is 3.54. The van der Waals surface area contributed by atoms with E-state index in [1.165, 1.54) is 4.90 Å². The molecule has 8 heteroatoms. The Morgan fingerprint density at radius 3 is 2.10 bits per heavy atom. The maximum Gasteiger partial charge on any atom is 0.408 e. The average Bonchev–Trinajstić information content (AvgIpc) is 3.44. The van der Waals surface area contributed by atoms with Gasteiger partial charge in [0.05, 0.1) is 11.4 Å². The second kappa shape index (κ2) is 7.70. The second-order valence-corrected chi connectivity index (χ2v) is 8.39. The van der Waals surface area contributed by atoms with Crippen molar-refractivity contribution in [2.24, 2.45) is 0 Å². The van der Waals surface area contributed by atoms with Crippen LogP contribution >= 0.6 is 0 Å². The van der Waals surface area contributed by atoms with E-state index in [9.17, 15) is 19.5 Å². The van der Waals surface area contributed by atoms with Crippen molar-refractivity contribution < 1.29 is 19.5 Å². The van der Waals surface area contributed by atoms with Gasteiger partial charge in [-0.05, 0) is 70.0 Å². The van der Waals surface area contributed by atoms with Crippen molar-refractivity contribution in [3.63, 3.8) is 0 Å². The number of nitrogens with one attached hydrogen (secondary N) is 2. The Hall–Kier alpha value is -3.55. The molecule has 3 rings (SSSR count). The highest BCUT2D eigenvalue weighted by molar-refractivity contribution is 6.06. The van der Waals surface area contributed by atoms with Crippen LogP contribution in [0.15, 0.2) is 48.5 Å². The first-order chi connectivity index (χ1) is 14.0. The summed E-state index contributed by atoms with van der Waals surface area (Å²) in [7, 11) is 0. The van der Waals surface area contributed by atoms with Gasteiger partial charge in [-0.1, -0.05) is 12.1 Å². The molecule has 0 spiro atoms. The van der Waals surface area contributed by atoms with Gasteiger partial charge in [0.1, 0.15) is 5.54 Å². The molecule has 0 heterocycles. The van der Waals surface area contributed by atoms with Crippen LogP contribution < -0.4 is 16.4 Å². The van der Waals surface area contributed by atoms with E-state index in [-0.39, 0.29) is 11.8 Å². The topological polar surface area (TPSA) is 125 Å². The molecule has 158 valence electrons. The highest BCUT2D eigenvalue weighted by Gasteiger charge is 2.59. The summed E-state index contributed by atoms with van der Waals surface area (Å²) in [6.45, 7) is 5.30. The number of nitrogens with two attached hydrogens (primary N) is 1. The zero-order valence-corrected chi connectivity index (χ0v) is 17.2. The van der Waals surface area contributed by atoms with Crippen LogP contribution in [0.2, 0.25) is 0 Å². The van der Waals surface area contributed by atoms with E-state index in [4.69, 9.17) is 5.73 Å². The second-order valence-electron chi connectivity index (χ2n) is 8.39. The van der Waals surface area contributed by atoms with E-state index < -0.39 is 17.2 Å². The Morgan fingerprint density at radius 2 is 1.60 bits per heavy atom. The van der Waals surface area contributed by atoms with E-state index in [1.54, 1.807) is 69.3 Å². The first kappa shape index (κ1) is 21.2. The molecule has 0 bridgehead atoms. The van der Waals surface area contributed by atoms with Crippen molar-refractivity contribution in [3.8, 4) is 0 Å². The van der Waals surface area contributed by atoms with Gasteiger partial charge in [-0.2, -0.15) is 0 Å². The van der Waals surface area contributed by atoms with E-state index >= 15 is 0 Å². The summed E-state index contributed by atoms with van der Waals surface area (Å²) in [4.78, 5) is 38.3. The quantitative estimate of drug-likeness (QED) is 0.559. The lowest BCUT2D eigenvalue weighted by Crippen LogP contribution is -2.57. The van der Waals surface area contributed by atoms with Crippen LogP contribution in [-0.4, -0.2) is 39.0 Å². The summed E-state index contributed by atoms with van der Waals surface area (Å²) >= 11 is 0. The van der Waals surface area contributed by atoms with Gasteiger partial charge in [0, 0.05) is 16.8 Å². The van der Waals surface area contributed by atoms with Gasteiger partial charge < -0.3 is 21.5 Å². The van der Waals surface area contributed by atoms with Gasteiger partial charge in [-0.3, -0.25) is 14.5 Å². The summed E-state index contributed by atoms with van der Waals surface area (Å²) in [5, 5.41) is 15.2. The Morgan fingerprint density at radius 1 is 1.00 bits per heavy atom. The molecule has 2 aromatic rings. The summed E-state index contributed by atoms with van der Waals surface area (Å²) in [5.74, 6) is -0.691. The fraction of sp³-hybridized carbons (Fsp3) is 0.318. The number of hydrogen-bond acceptors (Lipinski definition) is 4. The monoisotopic (exact) mass is 410 g/mol. The van der Waals surface area contributed by atoms with E-state index in [0.717, 1.165) is 0 Å². The highest BCUT2D eigenvalue weighted by atomic mass is 16.4. The number of anilines is 3. The Bertz CT molecular complexity index is 975. The van der Waals surface area contributed by atoms with Crippen LogP contribution in [-0.2, 0) is 4.79 Å². The first-order valence-electron chi connectivity index (χ1n) is 9.65. The molecule has 0 aliphatic heterocycles. The molecule has 30 heavy (non-hydrogen) atoms. The van der Waals surface area contributed by atoms with Crippen LogP contribution in [0.4, 0.5) is 21.9 Å². The maximum absolute atomic E-state index is 12.9. The zero-order valence-electron chi connectivity index (χ0n) is 17.2. The third-order valence-corrected chi connectivity index (χ3v) is 5.05. The van der Waals surface area contributed by atoms with Gasteiger partial charge in [0.15, 0.2) is 0 Å². The SMILES string of the molecule is CC(C)(C)N(C(=O)O)C1(C(=O)Nc2ccc(C(=O)Nc3ccccc3N)cc2)CC1. The molecule has 1 saturated carbocycles. The summed E-state index contributed by atoms with van der Waals surface area (Å²) in [5.41, 5.74) is 5.94. The fourth-order valence-corrected chi connectivity index (χ4v) is 3.54. The summed E-state index contributed by atoms with van der Waals surface area (Å²) in [6.07, 6.45) is -0.176. The minimum Gasteiger partial charge on any atom is -0.465 e. The van der Waals surface area contributed by atoms with Crippen molar-refractivity contribution in [2.75, 3.05) is 16.4 Å². The number of para-hydroxylation sites is 2. The molecule has 0 atom stereocenters. The third-order valence-electron chi connectivity index (χ3n) is 5.05. The van der Waals surface area contributed by atoms with Crippen LogP contribution in [0, 0.1) is 0 Å². The predicted octanol–water partition coefficient (Wildman–Crippen LogP) is 3.77. The lowest BCUT2D eigenvalue weighted by Gasteiger charge is -2.39. The number of carbonyl (C=O) groups is 3. The number of carbonyl (C=O) groups excluding carboxylic acids is 2. The molecule has 2 aromatic carbocycles. The molecule has 1 fully saturated rings. The highest BCUT2D eigenvalue weighted by Crippen LogP contribution is 2.46. The molecule has 8 nitrogen and oxygen atoms in total. The number of nitrogen functional groups attached to an aromatic ring is 1. The number of hydrogen-bond donors (Lipinski definition) is 4. The van der Waals surface area contributed by atoms with Crippen molar-refractivity contribution in [3.05, 3.63) is 54.1 Å². The molecule has 0 radical (unpaired) electrons. The number of amides is 3. The maximum atomic E-state index is 12.9. The van der Waals surface area contributed by atoms with Gasteiger partial charge >= 0.3 is 6.09 Å². The Kier molecular flexibility index (Phi) is 5.43. The Labute approximate surface area is 175 Å². The van der Waals surface area contributed by atoms with E-state index in [0.29, 0.717) is 35.5 Å². The molecule has 1 aliphatic rings. The number of nitrogens with zero attached hydrogens (tertiary/aromatic N) is 1. The molecular weight excluding hydrogens is 384 g/mol. The standard InChI is InChI=1S/C22H26N4O4/c1-21(2,3)26(20(29)30)22(12-13-22)19(28)24-15-10-8-14(9-11-15)18(27)25-17-7-5-4-6-16(17)23/h4-11H,12-13,23H2,1-3H3,(H,24,28)(H,25,27)(H,29,30). The lowest BCUT2D eigenvalue weighted by molar-refractivity contribution is -0.124. The molecular formula is C22H26N4O4. The largest absolute Gasteiger partial charge is 0.465 e. The van der Waals surface area contributed by atoms with Crippen molar-refractivity contribution in [1.29, 1.82) is 0 Å². The third kappa shape index (κ3) is 4.22. The molecule has 1 aliphatic carbocycles. The van der Waals surface area contributed by atoms with Crippen molar-refractivity contribution in [1.82, 2.24) is 4.90 Å². The lowest BCUT2D eigenvalue weighted by atomic mass is 10.0. The first-order valence-corrected chi connectivity index (χ1v) is 9.65. The van der Waals surface area contributed by atoms with Gasteiger partial charge in [0.25, 0.3) is 11.8 Å². The van der Waals surface area contributed by atoms with Gasteiger partial charge in [-0.15, -0.1) is 0 Å². The van der Waals surface area contributed by atoms with Crippen LogP contribution in [0.1, 0.15) is 44.0 Å². The van der Waals surface area contributed by atoms with Gasteiger partial charge in [0.2, 0.25) is 0 Å². The predicted molar refractivity (Wildman–Crippen MR) is 115 cm³/mol. The van der Waals surface area contributed by atoms with Crippen molar-refractivity contribution >= 4 is 35.0 Å². The summed E-state index contributed by atoms with van der Waals surface area (Å²) < 4.78 is 0. The van der Waals surface area contributed by atoms with Crippen molar-refractivity contribution in [2.45, 2.75) is 44.7 Å². The number of carboxylic acid groups (broad SMARTS) is 1. The summed E-state index contributed by atoms with van der Waals surface area (Å²) in [6, 6.07) is 13.3. The molecule has 3 amide bonds. The minimum absolute atomic E-state index is 0.325. The van der Waals surface area contributed by atoms with Crippen LogP contribution in [0.3, 0.4) is 0 Å². The van der Waals surface area contributed by atoms with Crippen LogP contribution in [0.5, 0.6) is 0 Å². The molecule has 5 N–H and O–H groups in total. The number of rotatable bonds is 5.